The standard InChI is InChI=1S/C34H38FN3O4/c1-5-10-34(11-7-12-34)33(41)37(4)27-9-8-19-13-22-26(15-25(35)18(19)3)36-30-23(29(22)27)16-38-28(30)14-21-20(6-2)32(40)42-17-24(21)31(38)39/h14-15,20,27H,5-13,16-17H2,1-4H3. The molecule has 2 aliphatic heterocycles. The lowest BCUT2D eigenvalue weighted by molar-refractivity contribution is -0.149. The summed E-state index contributed by atoms with van der Waals surface area (Å²) in [5.41, 5.74) is 7.26. The zero-order valence-corrected chi connectivity index (χ0v) is 24.9. The smallest absolute Gasteiger partial charge is 0.313 e. The molecule has 5 aliphatic rings. The Kier molecular flexibility index (Phi) is 6.33. The monoisotopic (exact) mass is 571 g/mol. The van der Waals surface area contributed by atoms with Crippen molar-refractivity contribution in [2.45, 2.75) is 104 Å². The molecule has 1 saturated carbocycles. The molecule has 0 spiro atoms. The van der Waals surface area contributed by atoms with Gasteiger partial charge in [-0.25, -0.2) is 9.37 Å². The van der Waals surface area contributed by atoms with Crippen LogP contribution in [0.1, 0.15) is 118 Å². The molecule has 4 heterocycles. The number of carbonyl (C=O) groups is 2. The van der Waals surface area contributed by atoms with Gasteiger partial charge in [0.25, 0.3) is 5.56 Å². The highest BCUT2D eigenvalue weighted by molar-refractivity contribution is 5.85. The summed E-state index contributed by atoms with van der Waals surface area (Å²) in [6, 6.07) is 1.73. The van der Waals surface area contributed by atoms with Gasteiger partial charge in [0, 0.05) is 24.1 Å². The Morgan fingerprint density at radius 2 is 2.00 bits per heavy atom. The Morgan fingerprint density at radius 3 is 2.69 bits per heavy atom. The van der Waals surface area contributed by atoms with E-state index in [1.54, 1.807) is 4.57 Å². The number of amides is 1. The van der Waals surface area contributed by atoms with Gasteiger partial charge in [0.15, 0.2) is 0 Å². The number of cyclic esters (lactones) is 1. The minimum Gasteiger partial charge on any atom is -0.460 e. The molecule has 3 aliphatic carbocycles. The summed E-state index contributed by atoms with van der Waals surface area (Å²) in [5, 5.41) is 0. The fraction of sp³-hybridized carbons (Fsp3) is 0.529. The molecule has 7 nitrogen and oxygen atoms in total. The summed E-state index contributed by atoms with van der Waals surface area (Å²) in [5.74, 6) is -0.896. The second-order valence-corrected chi connectivity index (χ2v) is 12.9. The maximum absolute atomic E-state index is 15.5. The molecule has 2 aromatic heterocycles. The number of pyridine rings is 2. The van der Waals surface area contributed by atoms with Crippen molar-refractivity contribution in [3.63, 3.8) is 0 Å². The molecule has 0 aromatic carbocycles. The van der Waals surface area contributed by atoms with E-state index in [1.807, 2.05) is 31.9 Å². The molecule has 8 heteroatoms. The van der Waals surface area contributed by atoms with Gasteiger partial charge < -0.3 is 14.2 Å². The van der Waals surface area contributed by atoms with Gasteiger partial charge in [0.05, 0.1) is 41.1 Å². The number of esters is 1. The van der Waals surface area contributed by atoms with Crippen LogP contribution < -0.4 is 5.56 Å². The highest BCUT2D eigenvalue weighted by atomic mass is 19.1. The van der Waals surface area contributed by atoms with Crippen LogP contribution in [0.5, 0.6) is 0 Å². The normalized spacial score (nSPS) is 23.1. The highest BCUT2D eigenvalue weighted by Gasteiger charge is 2.47. The molecule has 2 unspecified atom stereocenters. The number of rotatable bonds is 5. The first-order chi connectivity index (χ1) is 20.2. The molecule has 42 heavy (non-hydrogen) atoms. The molecule has 220 valence electrons. The van der Waals surface area contributed by atoms with Gasteiger partial charge >= 0.3 is 5.97 Å². The minimum atomic E-state index is -0.501. The Bertz CT molecular complexity index is 1680. The van der Waals surface area contributed by atoms with Crippen LogP contribution in [0.25, 0.3) is 17.5 Å². The third-order valence-corrected chi connectivity index (χ3v) is 10.8. The number of allylic oxidation sites excluding steroid dienone is 3. The third-order valence-electron chi connectivity index (χ3n) is 10.8. The van der Waals surface area contributed by atoms with E-state index in [4.69, 9.17) is 9.72 Å². The summed E-state index contributed by atoms with van der Waals surface area (Å²) in [6.45, 7) is 6.20. The zero-order valence-electron chi connectivity index (χ0n) is 24.9. The quantitative estimate of drug-likeness (QED) is 0.337. The van der Waals surface area contributed by atoms with Crippen molar-refractivity contribution in [3.8, 4) is 11.4 Å². The van der Waals surface area contributed by atoms with Gasteiger partial charge in [0.1, 0.15) is 12.4 Å². The average Bonchev–Trinajstić information content (AvgIpc) is 3.12. The Balaban J connectivity index is 1.44. The Morgan fingerprint density at radius 1 is 1.21 bits per heavy atom. The third kappa shape index (κ3) is 3.75. The number of carbonyl (C=O) groups excluding carboxylic acids is 2. The Hall–Kier alpha value is -3.55. The van der Waals surface area contributed by atoms with Crippen molar-refractivity contribution < 1.29 is 18.7 Å². The zero-order chi connectivity index (χ0) is 29.5. The summed E-state index contributed by atoms with van der Waals surface area (Å²) >= 11 is 0. The molecule has 2 bridgehead atoms. The first kappa shape index (κ1) is 27.3. The number of hydrogen-bond donors (Lipinski definition) is 0. The number of halogens is 1. The van der Waals surface area contributed by atoms with Gasteiger partial charge in [-0.15, -0.1) is 0 Å². The second kappa shape index (κ2) is 9.75. The van der Waals surface area contributed by atoms with Crippen LogP contribution in [0.2, 0.25) is 0 Å². The highest BCUT2D eigenvalue weighted by Crippen LogP contribution is 2.50. The fourth-order valence-electron chi connectivity index (χ4n) is 8.25. The van der Waals surface area contributed by atoms with Crippen LogP contribution in [-0.2, 0) is 33.9 Å². The minimum absolute atomic E-state index is 0.0301. The maximum Gasteiger partial charge on any atom is 0.313 e. The van der Waals surface area contributed by atoms with E-state index < -0.39 is 5.92 Å². The van der Waals surface area contributed by atoms with E-state index >= 15 is 4.39 Å². The molecule has 2 atom stereocenters. The topological polar surface area (TPSA) is 81.5 Å². The van der Waals surface area contributed by atoms with E-state index in [9.17, 15) is 14.4 Å². The van der Waals surface area contributed by atoms with Crippen LogP contribution in [-0.4, -0.2) is 33.4 Å². The van der Waals surface area contributed by atoms with Gasteiger partial charge in [-0.2, -0.15) is 0 Å². The summed E-state index contributed by atoms with van der Waals surface area (Å²) < 4.78 is 22.6. The predicted octanol–water partition coefficient (Wildman–Crippen LogP) is 6.27. The van der Waals surface area contributed by atoms with Crippen LogP contribution in [0.15, 0.2) is 27.8 Å². The van der Waals surface area contributed by atoms with E-state index in [0.717, 1.165) is 54.4 Å². The molecule has 0 radical (unpaired) electrons. The lowest BCUT2D eigenvalue weighted by Gasteiger charge is -2.45. The van der Waals surface area contributed by atoms with Crippen molar-refractivity contribution in [2.24, 2.45) is 5.41 Å². The number of hydrogen-bond acceptors (Lipinski definition) is 5. The van der Waals surface area contributed by atoms with Crippen LogP contribution >= 0.6 is 0 Å². The maximum atomic E-state index is 15.5. The molecule has 1 amide bonds. The van der Waals surface area contributed by atoms with Crippen molar-refractivity contribution >= 4 is 18.0 Å². The van der Waals surface area contributed by atoms with Crippen LogP contribution in [0, 0.1) is 5.41 Å². The van der Waals surface area contributed by atoms with Crippen molar-refractivity contribution in [2.75, 3.05) is 7.05 Å². The van der Waals surface area contributed by atoms with Gasteiger partial charge in [-0.3, -0.25) is 14.4 Å². The molecule has 2 aromatic rings. The van der Waals surface area contributed by atoms with Gasteiger partial charge in [0.2, 0.25) is 5.91 Å². The van der Waals surface area contributed by atoms with Crippen molar-refractivity contribution in [1.82, 2.24) is 14.5 Å². The molecule has 7 rings (SSSR count). The summed E-state index contributed by atoms with van der Waals surface area (Å²) in [7, 11) is 1.94. The SMILES string of the molecule is CCCC1(C(=O)N(C)C2CCC3=C(C)C(F)=Cc4nc5c(c2c4C3)Cn2c-5cc3c(c2=O)COC(=O)C3CC)CCC1. The van der Waals surface area contributed by atoms with Crippen molar-refractivity contribution in [3.05, 3.63) is 66.9 Å². The second-order valence-electron chi connectivity index (χ2n) is 12.9. The molecule has 0 saturated heterocycles. The number of nitrogens with zero attached hydrogens (tertiary/aromatic N) is 3. The number of ether oxygens (including phenoxy) is 1. The molecular formula is C34H38FN3O4. The van der Waals surface area contributed by atoms with E-state index in [-0.39, 0.29) is 41.3 Å². The lowest BCUT2D eigenvalue weighted by Crippen LogP contribution is -2.47. The first-order valence-corrected chi connectivity index (χ1v) is 15.5. The van der Waals surface area contributed by atoms with Crippen molar-refractivity contribution in [1.29, 1.82) is 0 Å². The number of fused-ring (bicyclic) bond motifs is 6. The van der Waals surface area contributed by atoms with Gasteiger partial charge in [-0.05, 0) is 80.2 Å². The van der Waals surface area contributed by atoms with E-state index in [1.165, 1.54) is 6.08 Å². The fourth-order valence-corrected chi connectivity index (χ4v) is 8.25. The largest absolute Gasteiger partial charge is 0.460 e. The number of aromatic nitrogens is 2. The lowest BCUT2D eigenvalue weighted by atomic mass is 9.65. The van der Waals surface area contributed by atoms with Crippen LogP contribution in [0.4, 0.5) is 4.39 Å². The first-order valence-electron chi connectivity index (χ1n) is 15.5. The Labute approximate surface area is 245 Å². The molecular weight excluding hydrogens is 533 g/mol. The summed E-state index contributed by atoms with van der Waals surface area (Å²) in [4.78, 5) is 47.6. The van der Waals surface area contributed by atoms with E-state index in [2.05, 4.69) is 6.92 Å². The van der Waals surface area contributed by atoms with Crippen LogP contribution in [0.3, 0.4) is 0 Å². The molecule has 1 fully saturated rings. The van der Waals surface area contributed by atoms with E-state index in [0.29, 0.717) is 66.0 Å². The molecule has 0 N–H and O–H groups in total. The average molecular weight is 572 g/mol. The van der Waals surface area contributed by atoms with Gasteiger partial charge in [-0.1, -0.05) is 32.3 Å². The predicted molar refractivity (Wildman–Crippen MR) is 157 cm³/mol. The summed E-state index contributed by atoms with van der Waals surface area (Å²) in [6.07, 6.45) is 8.80.